The number of nitrogens with zero attached hydrogens (tertiary/aromatic N) is 3. The van der Waals surface area contributed by atoms with E-state index in [0.717, 1.165) is 77.1 Å². The van der Waals surface area contributed by atoms with Crippen molar-refractivity contribution in [2.75, 3.05) is 0 Å². The van der Waals surface area contributed by atoms with E-state index in [2.05, 4.69) is 97.9 Å². The first kappa shape index (κ1) is 30.7. The molecule has 0 saturated heterocycles. The van der Waals surface area contributed by atoms with Crippen LogP contribution in [0.25, 0.3) is 99.9 Å². The zero-order valence-corrected chi connectivity index (χ0v) is 28.8. The molecule has 5 heteroatoms. The monoisotopic (exact) mass is 681 g/mol. The SMILES string of the molecule is Cc1cccccc(-c2cc(-c3nc(-c4ccccc4)nc(-c4cccc5c4oc4ccccc45)n3)c3c(c2)oc2ccccc23)cc2ccccc12. The normalized spacial score (nSPS) is 11.5. The van der Waals surface area contributed by atoms with Crippen LogP contribution < -0.4 is 0 Å². The van der Waals surface area contributed by atoms with Gasteiger partial charge in [0.05, 0.1) is 5.56 Å². The Morgan fingerprint density at radius 1 is 0.377 bits per heavy atom. The number of benzene rings is 6. The lowest BCUT2D eigenvalue weighted by molar-refractivity contribution is 0.668. The molecule has 10 aromatic rings. The molecule has 0 aliphatic rings. The van der Waals surface area contributed by atoms with Crippen molar-refractivity contribution in [3.63, 3.8) is 0 Å². The fourth-order valence-corrected chi connectivity index (χ4v) is 7.34. The zero-order valence-electron chi connectivity index (χ0n) is 28.8. The zero-order chi connectivity index (χ0) is 35.3. The second-order valence-corrected chi connectivity index (χ2v) is 13.2. The Bertz CT molecular complexity index is 3090. The van der Waals surface area contributed by atoms with Crippen LogP contribution in [0.2, 0.25) is 0 Å². The molecule has 10 rings (SSSR count). The van der Waals surface area contributed by atoms with E-state index in [1.807, 2.05) is 78.9 Å². The van der Waals surface area contributed by atoms with Gasteiger partial charge in [-0.3, -0.25) is 0 Å². The number of aryl methyl sites for hydroxylation is 1. The summed E-state index contributed by atoms with van der Waals surface area (Å²) in [6, 6.07) is 58.0. The summed E-state index contributed by atoms with van der Waals surface area (Å²) in [4.78, 5) is 15.6. The van der Waals surface area contributed by atoms with Gasteiger partial charge < -0.3 is 8.83 Å². The fraction of sp³-hybridized carbons (Fsp3) is 0.0208. The van der Waals surface area contributed by atoms with Gasteiger partial charge in [0.15, 0.2) is 17.5 Å². The van der Waals surface area contributed by atoms with Crippen molar-refractivity contribution in [1.82, 2.24) is 15.0 Å². The molecule has 0 amide bonds. The van der Waals surface area contributed by atoms with E-state index in [-0.39, 0.29) is 0 Å². The third kappa shape index (κ3) is 5.38. The molecule has 7 aromatic carbocycles. The third-order valence-corrected chi connectivity index (χ3v) is 9.91. The summed E-state index contributed by atoms with van der Waals surface area (Å²) in [5.74, 6) is 1.65. The number of fused-ring (bicyclic) bond motifs is 7. The number of hydrogen-bond acceptors (Lipinski definition) is 5. The largest absolute Gasteiger partial charge is 0.456 e. The van der Waals surface area contributed by atoms with Gasteiger partial charge in [0.2, 0.25) is 0 Å². The molecule has 0 aliphatic carbocycles. The highest BCUT2D eigenvalue weighted by Crippen LogP contribution is 2.41. The molecule has 53 heavy (non-hydrogen) atoms. The molecular formula is C48H31N3O2. The van der Waals surface area contributed by atoms with Crippen LogP contribution >= 0.6 is 0 Å². The minimum Gasteiger partial charge on any atom is -0.456 e. The minimum atomic E-state index is 0.531. The van der Waals surface area contributed by atoms with E-state index in [0.29, 0.717) is 17.5 Å². The Labute approximate surface area is 305 Å². The maximum atomic E-state index is 6.59. The number of rotatable bonds is 4. The average Bonchev–Trinajstić information content (AvgIpc) is 3.79. The molecule has 3 aromatic heterocycles. The van der Waals surface area contributed by atoms with Gasteiger partial charge in [0, 0.05) is 32.7 Å². The maximum absolute atomic E-state index is 6.59. The van der Waals surface area contributed by atoms with E-state index >= 15 is 0 Å². The van der Waals surface area contributed by atoms with Crippen LogP contribution in [0.3, 0.4) is 0 Å². The summed E-state index contributed by atoms with van der Waals surface area (Å²) in [5.41, 5.74) is 8.88. The molecule has 0 radical (unpaired) electrons. The molecule has 5 nitrogen and oxygen atoms in total. The van der Waals surface area contributed by atoms with Crippen LogP contribution in [0, 0.1) is 6.92 Å². The van der Waals surface area contributed by atoms with Crippen LogP contribution in [0.1, 0.15) is 5.56 Å². The lowest BCUT2D eigenvalue weighted by Gasteiger charge is -2.11. The molecule has 0 unspecified atom stereocenters. The highest BCUT2D eigenvalue weighted by molar-refractivity contribution is 6.13. The van der Waals surface area contributed by atoms with Crippen LogP contribution in [-0.4, -0.2) is 15.0 Å². The smallest absolute Gasteiger partial charge is 0.167 e. The Hall–Kier alpha value is -7.11. The summed E-state index contributed by atoms with van der Waals surface area (Å²) in [5, 5.41) is 6.33. The van der Waals surface area contributed by atoms with Gasteiger partial charge in [0.1, 0.15) is 22.3 Å². The first-order chi connectivity index (χ1) is 26.2. The van der Waals surface area contributed by atoms with Gasteiger partial charge in [0.25, 0.3) is 0 Å². The van der Waals surface area contributed by atoms with E-state index < -0.39 is 0 Å². The lowest BCUT2D eigenvalue weighted by Crippen LogP contribution is -2.01. The standard InChI is InChI=1S/C48H31N3O2/c1-30-15-4-2-7-18-32(27-33-19-8-9-20-35(30)33)34-28-40(44-38-22-11-13-26-42(38)52-43(44)29-34)48-50-46(31-16-5-3-6-17-31)49-47(51-48)39-24-14-23-37-36-21-10-12-25-41(36)53-45(37)39/h2-29H,1H3. The van der Waals surface area contributed by atoms with Crippen molar-refractivity contribution in [3.05, 3.63) is 175 Å². The van der Waals surface area contributed by atoms with Crippen molar-refractivity contribution >= 4 is 54.6 Å². The second-order valence-electron chi connectivity index (χ2n) is 13.2. The summed E-state index contributed by atoms with van der Waals surface area (Å²) < 4.78 is 13.1. The van der Waals surface area contributed by atoms with Crippen LogP contribution in [-0.2, 0) is 0 Å². The van der Waals surface area contributed by atoms with Crippen molar-refractivity contribution in [3.8, 4) is 45.3 Å². The highest BCUT2D eigenvalue weighted by Gasteiger charge is 2.21. The topological polar surface area (TPSA) is 65.0 Å². The van der Waals surface area contributed by atoms with Gasteiger partial charge in [-0.05, 0) is 70.8 Å². The summed E-state index contributed by atoms with van der Waals surface area (Å²) in [6.45, 7) is 2.15. The molecule has 0 aliphatic heterocycles. The molecule has 0 atom stereocenters. The average molecular weight is 682 g/mol. The second kappa shape index (κ2) is 12.6. The molecule has 0 spiro atoms. The van der Waals surface area contributed by atoms with E-state index in [1.54, 1.807) is 0 Å². The molecule has 250 valence electrons. The van der Waals surface area contributed by atoms with E-state index in [9.17, 15) is 0 Å². The van der Waals surface area contributed by atoms with Gasteiger partial charge in [-0.2, -0.15) is 0 Å². The van der Waals surface area contributed by atoms with Gasteiger partial charge in [-0.15, -0.1) is 0 Å². The van der Waals surface area contributed by atoms with E-state index in [1.165, 1.54) is 10.9 Å². The predicted molar refractivity (Wildman–Crippen MR) is 216 cm³/mol. The first-order valence-electron chi connectivity index (χ1n) is 17.7. The highest BCUT2D eigenvalue weighted by atomic mass is 16.3. The molecule has 0 saturated carbocycles. The fourth-order valence-electron chi connectivity index (χ4n) is 7.34. The van der Waals surface area contributed by atoms with Crippen molar-refractivity contribution in [1.29, 1.82) is 0 Å². The molecule has 3 heterocycles. The summed E-state index contributed by atoms with van der Waals surface area (Å²) >= 11 is 0. The quantitative estimate of drug-likeness (QED) is 0.185. The minimum absolute atomic E-state index is 0.531. The summed E-state index contributed by atoms with van der Waals surface area (Å²) in [7, 11) is 0. The molecule has 0 bridgehead atoms. The molecule has 0 fully saturated rings. The van der Waals surface area contributed by atoms with Crippen molar-refractivity contribution in [2.45, 2.75) is 6.92 Å². The van der Waals surface area contributed by atoms with Gasteiger partial charge in [-0.1, -0.05) is 133 Å². The first-order valence-corrected chi connectivity index (χ1v) is 17.7. The Balaban J connectivity index is 1.29. The van der Waals surface area contributed by atoms with Crippen LogP contribution in [0.5, 0.6) is 0 Å². The summed E-state index contributed by atoms with van der Waals surface area (Å²) in [6.07, 6.45) is 0. The molecule has 0 N–H and O–H groups in total. The number of furan rings is 2. The maximum Gasteiger partial charge on any atom is 0.167 e. The number of aromatic nitrogens is 3. The van der Waals surface area contributed by atoms with Crippen LogP contribution in [0.15, 0.2) is 179 Å². The molecular weight excluding hydrogens is 651 g/mol. The Morgan fingerprint density at radius 3 is 1.79 bits per heavy atom. The predicted octanol–water partition coefficient (Wildman–Crippen LogP) is 12.9. The third-order valence-electron chi connectivity index (χ3n) is 9.91. The van der Waals surface area contributed by atoms with Crippen LogP contribution in [0.4, 0.5) is 0 Å². The Kier molecular flexibility index (Phi) is 7.29. The van der Waals surface area contributed by atoms with Crippen molar-refractivity contribution in [2.24, 2.45) is 0 Å². The number of para-hydroxylation sites is 3. The van der Waals surface area contributed by atoms with E-state index in [4.69, 9.17) is 23.8 Å². The number of hydrogen-bond donors (Lipinski definition) is 0. The lowest BCUT2D eigenvalue weighted by atomic mass is 9.97. The van der Waals surface area contributed by atoms with Gasteiger partial charge >= 0.3 is 0 Å². The van der Waals surface area contributed by atoms with Gasteiger partial charge in [-0.25, -0.2) is 15.0 Å². The Morgan fingerprint density at radius 2 is 0.981 bits per heavy atom. The van der Waals surface area contributed by atoms with Crippen molar-refractivity contribution < 1.29 is 8.83 Å².